The van der Waals surface area contributed by atoms with Gasteiger partial charge in [0.05, 0.1) is 12.4 Å². The van der Waals surface area contributed by atoms with E-state index in [9.17, 15) is 0 Å². The molecule has 0 radical (unpaired) electrons. The Balaban J connectivity index is 1.99. The summed E-state index contributed by atoms with van der Waals surface area (Å²) in [6, 6.07) is 0. The first-order valence-electron chi connectivity index (χ1n) is 7.51. The van der Waals surface area contributed by atoms with E-state index in [2.05, 4.69) is 29.0 Å². The molecule has 0 aliphatic carbocycles. The van der Waals surface area contributed by atoms with E-state index in [0.29, 0.717) is 0 Å². The molecule has 0 fully saturated rings. The zero-order valence-electron chi connectivity index (χ0n) is 11.9. The van der Waals surface area contributed by atoms with Crippen LogP contribution in [0.15, 0.2) is 17.1 Å². The molecule has 0 saturated carbocycles. The van der Waals surface area contributed by atoms with Gasteiger partial charge < -0.3 is 10.6 Å². The Kier molecular flexibility index (Phi) is 8.57. The van der Waals surface area contributed by atoms with Crippen LogP contribution in [-0.2, 0) is 0 Å². The fraction of sp³-hybridized carbons (Fsp3) is 0.800. The molecule has 0 unspecified atom stereocenters. The van der Waals surface area contributed by atoms with Gasteiger partial charge in [-0.2, -0.15) is 0 Å². The van der Waals surface area contributed by atoms with Crippen LogP contribution < -0.4 is 5.73 Å². The van der Waals surface area contributed by atoms with Crippen LogP contribution in [0.3, 0.4) is 0 Å². The van der Waals surface area contributed by atoms with Crippen molar-refractivity contribution in [1.29, 1.82) is 0 Å². The molecule has 0 atom stereocenters. The molecule has 0 aromatic heterocycles. The second kappa shape index (κ2) is 10.1. The molecular weight excluding hydrogens is 222 g/mol. The van der Waals surface area contributed by atoms with Gasteiger partial charge in [-0.1, -0.05) is 31.9 Å². The molecule has 0 amide bonds. The van der Waals surface area contributed by atoms with Crippen molar-refractivity contribution < 1.29 is 0 Å². The molecular formula is C15H29N3. The van der Waals surface area contributed by atoms with Gasteiger partial charge in [0.25, 0.3) is 0 Å². The minimum Gasteiger partial charge on any atom is -0.357 e. The molecule has 0 aromatic carbocycles. The topological polar surface area (TPSA) is 41.6 Å². The molecule has 0 saturated heterocycles. The summed E-state index contributed by atoms with van der Waals surface area (Å²) in [4.78, 5) is 6.92. The molecule has 3 heteroatoms. The van der Waals surface area contributed by atoms with Crippen molar-refractivity contribution in [2.45, 2.75) is 51.9 Å². The maximum absolute atomic E-state index is 5.60. The van der Waals surface area contributed by atoms with Gasteiger partial charge in [0.15, 0.2) is 0 Å². The molecule has 0 aromatic rings. The summed E-state index contributed by atoms with van der Waals surface area (Å²) in [5.41, 5.74) is 5.60. The molecule has 18 heavy (non-hydrogen) atoms. The third-order valence-electron chi connectivity index (χ3n) is 3.35. The van der Waals surface area contributed by atoms with Crippen molar-refractivity contribution in [3.8, 4) is 0 Å². The Morgan fingerprint density at radius 3 is 2.83 bits per heavy atom. The van der Waals surface area contributed by atoms with Gasteiger partial charge in [-0.05, 0) is 25.7 Å². The molecule has 2 N–H and O–H groups in total. The smallest absolute Gasteiger partial charge is 0.0990 e. The summed E-state index contributed by atoms with van der Waals surface area (Å²) in [6.45, 7) is 5.95. The monoisotopic (exact) mass is 251 g/mol. The van der Waals surface area contributed by atoms with E-state index in [1.54, 1.807) is 0 Å². The van der Waals surface area contributed by atoms with Crippen molar-refractivity contribution in [2.75, 3.05) is 26.2 Å². The SMILES string of the molecule is CC/C=C/CCCCCCC1=NCCN1CCN. The Labute approximate surface area is 112 Å². The first-order valence-corrected chi connectivity index (χ1v) is 7.51. The fourth-order valence-electron chi connectivity index (χ4n) is 2.35. The van der Waals surface area contributed by atoms with E-state index in [4.69, 9.17) is 5.73 Å². The van der Waals surface area contributed by atoms with E-state index in [1.165, 1.54) is 37.9 Å². The average Bonchev–Trinajstić information content (AvgIpc) is 2.81. The lowest BCUT2D eigenvalue weighted by atomic mass is 10.1. The van der Waals surface area contributed by atoms with Crippen molar-refractivity contribution in [2.24, 2.45) is 10.7 Å². The van der Waals surface area contributed by atoms with Crippen LogP contribution in [0.1, 0.15) is 51.9 Å². The lowest BCUT2D eigenvalue weighted by Gasteiger charge is -2.19. The minimum absolute atomic E-state index is 0.739. The summed E-state index contributed by atoms with van der Waals surface area (Å²) < 4.78 is 0. The number of hydrogen-bond acceptors (Lipinski definition) is 3. The predicted molar refractivity (Wildman–Crippen MR) is 80.1 cm³/mol. The number of aliphatic imine (C=N–C) groups is 1. The fourth-order valence-corrected chi connectivity index (χ4v) is 2.35. The highest BCUT2D eigenvalue weighted by Gasteiger charge is 2.14. The van der Waals surface area contributed by atoms with Crippen LogP contribution in [0.4, 0.5) is 0 Å². The Morgan fingerprint density at radius 2 is 2.06 bits per heavy atom. The molecule has 1 aliphatic heterocycles. The first-order chi connectivity index (χ1) is 8.88. The normalized spacial score (nSPS) is 15.7. The van der Waals surface area contributed by atoms with Crippen LogP contribution >= 0.6 is 0 Å². The molecule has 1 aliphatic rings. The molecule has 0 spiro atoms. The van der Waals surface area contributed by atoms with Crippen LogP contribution in [0.2, 0.25) is 0 Å². The van der Waals surface area contributed by atoms with Gasteiger partial charge in [0, 0.05) is 26.1 Å². The highest BCUT2D eigenvalue weighted by molar-refractivity contribution is 5.83. The van der Waals surface area contributed by atoms with Crippen LogP contribution in [0.5, 0.6) is 0 Å². The third kappa shape index (κ3) is 6.20. The maximum Gasteiger partial charge on any atom is 0.0990 e. The Bertz CT molecular complexity index is 258. The quantitative estimate of drug-likeness (QED) is 0.479. The summed E-state index contributed by atoms with van der Waals surface area (Å²) in [6.07, 6.45) is 13.4. The van der Waals surface area contributed by atoms with Crippen molar-refractivity contribution in [3.63, 3.8) is 0 Å². The maximum atomic E-state index is 5.60. The van der Waals surface area contributed by atoms with Gasteiger partial charge in [-0.3, -0.25) is 4.99 Å². The van der Waals surface area contributed by atoms with E-state index in [-0.39, 0.29) is 0 Å². The second-order valence-corrected chi connectivity index (χ2v) is 4.91. The van der Waals surface area contributed by atoms with Gasteiger partial charge in [-0.15, -0.1) is 0 Å². The number of allylic oxidation sites excluding steroid dienone is 2. The Hall–Kier alpha value is -0.830. The van der Waals surface area contributed by atoms with Crippen LogP contribution in [0.25, 0.3) is 0 Å². The average molecular weight is 251 g/mol. The number of hydrogen-bond donors (Lipinski definition) is 1. The number of rotatable bonds is 10. The van der Waals surface area contributed by atoms with Crippen molar-refractivity contribution >= 4 is 5.84 Å². The first kappa shape index (κ1) is 15.2. The van der Waals surface area contributed by atoms with Gasteiger partial charge >= 0.3 is 0 Å². The van der Waals surface area contributed by atoms with E-state index >= 15 is 0 Å². The van der Waals surface area contributed by atoms with Crippen LogP contribution in [0, 0.1) is 0 Å². The van der Waals surface area contributed by atoms with E-state index < -0.39 is 0 Å². The second-order valence-electron chi connectivity index (χ2n) is 4.91. The highest BCUT2D eigenvalue weighted by Crippen LogP contribution is 2.11. The standard InChI is InChI=1S/C15H29N3/c1-2-3-4-5-6-7-8-9-10-15-17-12-14-18(15)13-11-16/h3-4H,2,5-14,16H2,1H3/b4-3+. The van der Waals surface area contributed by atoms with Gasteiger partial charge in [0.2, 0.25) is 0 Å². The van der Waals surface area contributed by atoms with Crippen LogP contribution in [-0.4, -0.2) is 36.9 Å². The zero-order valence-corrected chi connectivity index (χ0v) is 11.9. The van der Waals surface area contributed by atoms with Crippen molar-refractivity contribution in [1.82, 2.24) is 4.90 Å². The summed E-state index contributed by atoms with van der Waals surface area (Å²) >= 11 is 0. The number of nitrogens with zero attached hydrogens (tertiary/aromatic N) is 2. The summed E-state index contributed by atoms with van der Waals surface area (Å²) in [5.74, 6) is 1.30. The van der Waals surface area contributed by atoms with Gasteiger partial charge in [-0.25, -0.2) is 0 Å². The number of nitrogens with two attached hydrogens (primary N) is 1. The zero-order chi connectivity index (χ0) is 13.1. The Morgan fingerprint density at radius 1 is 1.22 bits per heavy atom. The molecule has 104 valence electrons. The molecule has 1 rings (SSSR count). The highest BCUT2D eigenvalue weighted by atomic mass is 15.2. The minimum atomic E-state index is 0.739. The molecule has 1 heterocycles. The number of amidine groups is 1. The summed E-state index contributed by atoms with van der Waals surface area (Å²) in [7, 11) is 0. The molecule has 0 bridgehead atoms. The number of unbranched alkanes of at least 4 members (excludes halogenated alkanes) is 4. The lowest BCUT2D eigenvalue weighted by Crippen LogP contribution is -2.32. The molecule has 3 nitrogen and oxygen atoms in total. The van der Waals surface area contributed by atoms with Gasteiger partial charge in [0.1, 0.15) is 0 Å². The summed E-state index contributed by atoms with van der Waals surface area (Å²) in [5, 5.41) is 0. The predicted octanol–water partition coefficient (Wildman–Crippen LogP) is 2.97. The van der Waals surface area contributed by atoms with E-state index in [0.717, 1.165) is 39.0 Å². The van der Waals surface area contributed by atoms with Crippen molar-refractivity contribution in [3.05, 3.63) is 12.2 Å². The lowest BCUT2D eigenvalue weighted by molar-refractivity contribution is 0.456. The third-order valence-corrected chi connectivity index (χ3v) is 3.35. The van der Waals surface area contributed by atoms with E-state index in [1.807, 2.05) is 0 Å². The largest absolute Gasteiger partial charge is 0.357 e.